The van der Waals surface area contributed by atoms with Gasteiger partial charge < -0.3 is 9.80 Å². The molecule has 0 unspecified atom stereocenters. The normalized spacial score (nSPS) is 13.4. The molecule has 354 valence electrons. The molecule has 0 saturated carbocycles. The van der Waals surface area contributed by atoms with Crippen LogP contribution >= 0.6 is 45.3 Å². The quantitative estimate of drug-likeness (QED) is 0.159. The predicted octanol–water partition coefficient (Wildman–Crippen LogP) is 18.8. The first kappa shape index (κ1) is 44.9. The van der Waals surface area contributed by atoms with E-state index in [0.29, 0.717) is 0 Å². The summed E-state index contributed by atoms with van der Waals surface area (Å²) >= 11 is 7.46. The monoisotopic (exact) mass is 1010 g/mol. The van der Waals surface area contributed by atoms with Gasteiger partial charge in [-0.05, 0) is 168 Å². The van der Waals surface area contributed by atoms with Crippen LogP contribution in [0.3, 0.4) is 0 Å². The molecule has 0 atom stereocenters. The number of thiophene rings is 4. The van der Waals surface area contributed by atoms with Crippen molar-refractivity contribution in [3.8, 4) is 33.4 Å². The number of fused-ring (bicyclic) bond motifs is 9. The zero-order valence-corrected chi connectivity index (χ0v) is 45.6. The number of rotatable bonds is 5. The highest BCUT2D eigenvalue weighted by molar-refractivity contribution is 7.26. The summed E-state index contributed by atoms with van der Waals surface area (Å²) in [5.41, 5.74) is 22.9. The van der Waals surface area contributed by atoms with Gasteiger partial charge in [0.1, 0.15) is 0 Å². The summed E-state index contributed by atoms with van der Waals surface area (Å²) in [7, 11) is 0. The van der Waals surface area contributed by atoms with Crippen LogP contribution in [0.15, 0.2) is 174 Å². The molecule has 0 radical (unpaired) electrons. The predicted molar refractivity (Wildman–Crippen MR) is 325 cm³/mol. The molecule has 6 heterocycles. The zero-order chi connectivity index (χ0) is 49.7. The minimum atomic E-state index is -0.149. The molecule has 14 rings (SSSR count). The fourth-order valence-corrected chi connectivity index (χ4v) is 16.1. The Labute approximate surface area is 444 Å². The third-order valence-corrected chi connectivity index (χ3v) is 19.7. The maximum atomic E-state index is 2.70. The Morgan fingerprint density at radius 1 is 0.411 bits per heavy atom. The van der Waals surface area contributed by atoms with Gasteiger partial charge >= 0.3 is 0 Å². The van der Waals surface area contributed by atoms with Crippen molar-refractivity contribution in [1.29, 1.82) is 0 Å². The van der Waals surface area contributed by atoms with Gasteiger partial charge in [-0.2, -0.15) is 0 Å². The second-order valence-corrected chi connectivity index (χ2v) is 26.0. The third-order valence-electron chi connectivity index (χ3n) is 15.6. The van der Waals surface area contributed by atoms with Gasteiger partial charge in [0.25, 0.3) is 6.71 Å². The smallest absolute Gasteiger partial charge is 0.254 e. The Morgan fingerprint density at radius 2 is 0.959 bits per heavy atom. The molecule has 2 nitrogen and oxygen atoms in total. The van der Waals surface area contributed by atoms with E-state index in [1.165, 1.54) is 140 Å². The first-order chi connectivity index (χ1) is 35.3. The second kappa shape index (κ2) is 16.4. The molecule has 0 saturated heterocycles. The molecular weight excluding hydrogens is 960 g/mol. The summed E-state index contributed by atoms with van der Waals surface area (Å²) < 4.78 is 5.27. The first-order valence-electron chi connectivity index (χ1n) is 25.4. The lowest BCUT2D eigenvalue weighted by Crippen LogP contribution is -2.61. The Hall–Kier alpha value is -6.74. The highest BCUT2D eigenvalue weighted by atomic mass is 32.1. The molecule has 73 heavy (non-hydrogen) atoms. The van der Waals surface area contributed by atoms with Gasteiger partial charge in [0.15, 0.2) is 0 Å². The van der Waals surface area contributed by atoms with Crippen molar-refractivity contribution in [1.82, 2.24) is 0 Å². The third kappa shape index (κ3) is 6.99. The molecule has 4 aromatic heterocycles. The molecule has 0 fully saturated rings. The van der Waals surface area contributed by atoms with Gasteiger partial charge in [-0.3, -0.25) is 0 Å². The van der Waals surface area contributed by atoms with Gasteiger partial charge in [-0.1, -0.05) is 133 Å². The number of hydrogen-bond donors (Lipinski definition) is 0. The lowest BCUT2D eigenvalue weighted by atomic mass is 9.33. The van der Waals surface area contributed by atoms with Gasteiger partial charge in [0, 0.05) is 74.4 Å². The SMILES string of the molecule is Cc1cc(-c2csc3ccccc23)cc(C)c1N1c2cc(C(C)(C)C)cc3c2B(c2ccc(-c4csc5ccccc45)cc2N3c2cccc(-c3csc4ccccc34)c2)c2c1sc1ccc(C(C)(C)C)cc21. The van der Waals surface area contributed by atoms with Crippen molar-refractivity contribution in [3.05, 3.63) is 196 Å². The van der Waals surface area contributed by atoms with Crippen LogP contribution in [0.1, 0.15) is 63.8 Å². The zero-order valence-electron chi connectivity index (χ0n) is 42.3. The van der Waals surface area contributed by atoms with Gasteiger partial charge in [0.05, 0.1) is 10.7 Å². The first-order valence-corrected chi connectivity index (χ1v) is 28.8. The summed E-state index contributed by atoms with van der Waals surface area (Å²) in [6.07, 6.45) is 0. The van der Waals surface area contributed by atoms with E-state index in [9.17, 15) is 0 Å². The Kier molecular flexibility index (Phi) is 10.1. The molecule has 0 bridgehead atoms. The lowest BCUT2D eigenvalue weighted by Gasteiger charge is -2.45. The van der Waals surface area contributed by atoms with Gasteiger partial charge in [0.2, 0.25) is 0 Å². The van der Waals surface area contributed by atoms with Gasteiger partial charge in [-0.15, -0.1) is 45.3 Å². The summed E-state index contributed by atoms with van der Waals surface area (Å²) in [6.45, 7) is 18.9. The van der Waals surface area contributed by atoms with E-state index in [4.69, 9.17) is 0 Å². The van der Waals surface area contributed by atoms with E-state index in [1.807, 2.05) is 45.3 Å². The minimum Gasteiger partial charge on any atom is -0.311 e. The fraction of sp³-hybridized carbons (Fsp3) is 0.152. The highest BCUT2D eigenvalue weighted by Gasteiger charge is 2.46. The van der Waals surface area contributed by atoms with Crippen molar-refractivity contribution in [3.63, 3.8) is 0 Å². The maximum Gasteiger partial charge on any atom is 0.254 e. The molecule has 0 amide bonds. The van der Waals surface area contributed by atoms with E-state index in [1.54, 1.807) is 0 Å². The number of anilines is 6. The molecule has 8 aromatic carbocycles. The Morgan fingerprint density at radius 3 is 1.55 bits per heavy atom. The van der Waals surface area contributed by atoms with Crippen molar-refractivity contribution < 1.29 is 0 Å². The molecule has 0 spiro atoms. The average molecular weight is 1010 g/mol. The van der Waals surface area contributed by atoms with Crippen LogP contribution in [0.5, 0.6) is 0 Å². The van der Waals surface area contributed by atoms with Crippen LogP contribution < -0.4 is 26.2 Å². The van der Waals surface area contributed by atoms with Crippen molar-refractivity contribution in [2.45, 2.75) is 66.2 Å². The van der Waals surface area contributed by atoms with Crippen LogP contribution in [-0.2, 0) is 10.8 Å². The second-order valence-electron chi connectivity index (χ2n) is 22.3. The van der Waals surface area contributed by atoms with Crippen molar-refractivity contribution >= 4 is 142 Å². The summed E-state index contributed by atoms with van der Waals surface area (Å²) in [6, 6.07) is 60.7. The van der Waals surface area contributed by atoms with Crippen LogP contribution in [0.2, 0.25) is 0 Å². The Bertz CT molecular complexity index is 4220. The summed E-state index contributed by atoms with van der Waals surface area (Å²) in [5.74, 6) is 0. The van der Waals surface area contributed by atoms with Crippen LogP contribution in [0, 0.1) is 13.8 Å². The molecular formula is C66H53BN2S4. The largest absolute Gasteiger partial charge is 0.311 e. The van der Waals surface area contributed by atoms with E-state index in [2.05, 4.69) is 239 Å². The number of benzene rings is 8. The van der Waals surface area contributed by atoms with Crippen LogP contribution in [0.25, 0.3) is 73.7 Å². The van der Waals surface area contributed by atoms with E-state index in [-0.39, 0.29) is 17.5 Å². The van der Waals surface area contributed by atoms with Crippen molar-refractivity contribution in [2.75, 3.05) is 9.80 Å². The number of nitrogens with zero attached hydrogens (tertiary/aromatic N) is 2. The molecule has 0 N–H and O–H groups in total. The van der Waals surface area contributed by atoms with Crippen molar-refractivity contribution in [2.24, 2.45) is 0 Å². The maximum absolute atomic E-state index is 2.70. The van der Waals surface area contributed by atoms with E-state index in [0.717, 1.165) is 5.69 Å². The van der Waals surface area contributed by atoms with E-state index >= 15 is 0 Å². The highest BCUT2D eigenvalue weighted by Crippen LogP contribution is 2.52. The molecule has 12 aromatic rings. The van der Waals surface area contributed by atoms with E-state index < -0.39 is 0 Å². The Balaban J connectivity index is 1.08. The molecule has 0 aliphatic carbocycles. The molecule has 7 heteroatoms. The molecule has 2 aliphatic rings. The topological polar surface area (TPSA) is 6.48 Å². The average Bonchev–Trinajstić information content (AvgIpc) is 4.20. The number of hydrogen-bond acceptors (Lipinski definition) is 6. The minimum absolute atomic E-state index is 0.0187. The number of aryl methyl sites for hydroxylation is 2. The standard InChI is InChI=1S/C66H53BN2S4/c1-38-28-42(52-37-72-59-23-14-11-20-48(52)59)29-39(2)63(38)69-56-34-44(66(6,7)8)33-55-62(56)67(61-49-32-43(65(3,4)5)25-27-60(49)73-64(61)69)53-26-24-41(51-36-71-58-22-13-10-19-47(51)58)31-54(53)68(55)45-17-15-16-40(30-45)50-35-70-57-21-12-9-18-46(50)57/h9-37H,1-8H3. The van der Waals surface area contributed by atoms with Crippen LogP contribution in [-0.4, -0.2) is 6.71 Å². The van der Waals surface area contributed by atoms with Gasteiger partial charge in [-0.25, -0.2) is 0 Å². The summed E-state index contributed by atoms with van der Waals surface area (Å²) in [4.78, 5) is 5.34. The summed E-state index contributed by atoms with van der Waals surface area (Å²) in [5, 5.41) is 13.6. The van der Waals surface area contributed by atoms with Crippen LogP contribution in [0.4, 0.5) is 33.4 Å². The molecule has 2 aliphatic heterocycles. The fourth-order valence-electron chi connectivity index (χ4n) is 12.0. The lowest BCUT2D eigenvalue weighted by molar-refractivity contribution is 0.590.